The Morgan fingerprint density at radius 1 is 1.20 bits per heavy atom. The number of aliphatic hydroxyl groups is 1. The number of aromatic nitrogens is 2. The summed E-state index contributed by atoms with van der Waals surface area (Å²) in [4.78, 5) is 6.57. The van der Waals surface area contributed by atoms with Gasteiger partial charge in [-0.25, -0.2) is 4.98 Å². The molecule has 1 N–H and O–H groups in total. The van der Waals surface area contributed by atoms with E-state index in [-0.39, 0.29) is 0 Å². The highest BCUT2D eigenvalue weighted by atomic mass is 16.5. The number of likely N-dealkylation sites (N-methyl/N-ethyl adjacent to an activating group) is 1. The quantitative estimate of drug-likeness (QED) is 0.685. The third-order valence-electron chi connectivity index (χ3n) is 4.18. The number of aliphatic hydroxyl groups excluding tert-OH is 1. The van der Waals surface area contributed by atoms with Crippen LogP contribution >= 0.6 is 0 Å². The van der Waals surface area contributed by atoms with E-state index in [0.717, 1.165) is 29.0 Å². The van der Waals surface area contributed by atoms with Crippen molar-refractivity contribution in [1.82, 2.24) is 14.3 Å². The predicted octanol–water partition coefficient (Wildman–Crippen LogP) is 2.65. The zero-order chi connectivity index (χ0) is 17.6. The zero-order valence-electron chi connectivity index (χ0n) is 14.8. The Labute approximate surface area is 148 Å². The summed E-state index contributed by atoms with van der Waals surface area (Å²) in [5.41, 5.74) is 4.37. The minimum Gasteiger partial charge on any atom is -0.389 e. The lowest BCUT2D eigenvalue weighted by Crippen LogP contribution is -2.32. The molecular formula is C20H25N3O2. The number of fused-ring (bicyclic) bond motifs is 1. The minimum absolute atomic E-state index is 0.325. The molecule has 0 spiro atoms. The molecule has 5 heteroatoms. The van der Waals surface area contributed by atoms with Gasteiger partial charge in [-0.3, -0.25) is 4.90 Å². The molecule has 5 nitrogen and oxygen atoms in total. The number of benzene rings is 1. The van der Waals surface area contributed by atoms with Crippen molar-refractivity contribution in [1.29, 1.82) is 0 Å². The molecule has 0 bridgehead atoms. The average molecular weight is 339 g/mol. The van der Waals surface area contributed by atoms with Crippen molar-refractivity contribution in [3.05, 3.63) is 71.7 Å². The lowest BCUT2D eigenvalue weighted by Gasteiger charge is -2.20. The van der Waals surface area contributed by atoms with E-state index in [4.69, 9.17) is 4.74 Å². The molecule has 0 aliphatic rings. The Hall–Kier alpha value is -2.21. The van der Waals surface area contributed by atoms with E-state index in [9.17, 15) is 5.11 Å². The number of rotatable bonds is 8. The van der Waals surface area contributed by atoms with Crippen molar-refractivity contribution in [2.75, 3.05) is 20.2 Å². The predicted molar refractivity (Wildman–Crippen MR) is 98.4 cm³/mol. The van der Waals surface area contributed by atoms with Gasteiger partial charge in [-0.05, 0) is 31.2 Å². The summed E-state index contributed by atoms with van der Waals surface area (Å²) in [6.07, 6.45) is 3.41. The molecule has 2 aromatic heterocycles. The zero-order valence-corrected chi connectivity index (χ0v) is 14.8. The van der Waals surface area contributed by atoms with Gasteiger partial charge in [-0.2, -0.15) is 0 Å². The van der Waals surface area contributed by atoms with Crippen LogP contribution in [-0.4, -0.2) is 45.7 Å². The number of hydrogen-bond acceptors (Lipinski definition) is 4. The van der Waals surface area contributed by atoms with Crippen LogP contribution in [0.2, 0.25) is 0 Å². The fraction of sp³-hybridized carbons (Fsp3) is 0.350. The van der Waals surface area contributed by atoms with Crippen molar-refractivity contribution in [2.24, 2.45) is 0 Å². The lowest BCUT2D eigenvalue weighted by atomic mass is 10.2. The first-order valence-corrected chi connectivity index (χ1v) is 8.53. The lowest BCUT2D eigenvalue weighted by molar-refractivity contribution is 0.0125. The molecule has 1 atom stereocenters. The molecular weight excluding hydrogens is 314 g/mol. The summed E-state index contributed by atoms with van der Waals surface area (Å²) in [6, 6.07) is 14.1. The molecule has 0 amide bonds. The second kappa shape index (κ2) is 8.25. The van der Waals surface area contributed by atoms with E-state index in [1.165, 1.54) is 0 Å². The molecule has 1 aromatic carbocycles. The Morgan fingerprint density at radius 3 is 2.80 bits per heavy atom. The van der Waals surface area contributed by atoms with E-state index >= 15 is 0 Å². The molecule has 2 heterocycles. The number of ether oxygens (including phenoxy) is 1. The largest absolute Gasteiger partial charge is 0.389 e. The van der Waals surface area contributed by atoms with Crippen LogP contribution in [-0.2, 0) is 17.9 Å². The first-order chi connectivity index (χ1) is 12.1. The van der Waals surface area contributed by atoms with E-state index in [1.54, 1.807) is 0 Å². The van der Waals surface area contributed by atoms with Crippen molar-refractivity contribution in [3.8, 4) is 0 Å². The number of aryl methyl sites for hydroxylation is 1. The smallest absolute Gasteiger partial charge is 0.139 e. The average Bonchev–Trinajstić information content (AvgIpc) is 3.00. The van der Waals surface area contributed by atoms with E-state index < -0.39 is 6.10 Å². The van der Waals surface area contributed by atoms with Crippen LogP contribution < -0.4 is 0 Å². The second-order valence-electron chi connectivity index (χ2n) is 6.49. The molecule has 3 rings (SSSR count). The Morgan fingerprint density at radius 2 is 2.00 bits per heavy atom. The number of imidazole rings is 1. The van der Waals surface area contributed by atoms with Crippen molar-refractivity contribution >= 4 is 5.65 Å². The molecule has 25 heavy (non-hydrogen) atoms. The molecule has 0 saturated heterocycles. The van der Waals surface area contributed by atoms with Crippen LogP contribution in [0.1, 0.15) is 16.8 Å². The first-order valence-electron chi connectivity index (χ1n) is 8.53. The Balaban J connectivity index is 1.48. The number of nitrogens with zero attached hydrogens (tertiary/aromatic N) is 3. The molecule has 0 aliphatic heterocycles. The molecule has 0 fully saturated rings. The highest BCUT2D eigenvalue weighted by molar-refractivity contribution is 5.48. The molecule has 0 radical (unpaired) electrons. The molecule has 0 saturated carbocycles. The van der Waals surface area contributed by atoms with Gasteiger partial charge in [0.05, 0.1) is 31.2 Å². The van der Waals surface area contributed by atoms with Crippen LogP contribution in [0, 0.1) is 6.92 Å². The summed E-state index contributed by atoms with van der Waals surface area (Å²) < 4.78 is 7.71. The summed E-state index contributed by atoms with van der Waals surface area (Å²) in [5, 5.41) is 10.2. The molecule has 1 unspecified atom stereocenters. The standard InChI is InChI=1S/C20H25N3O2/c1-16-7-6-10-23-18(11-21-20(16)23)12-22(2)13-19(24)15-25-14-17-8-4-3-5-9-17/h3-11,19,24H,12-15H2,1-2H3. The van der Waals surface area contributed by atoms with Gasteiger partial charge >= 0.3 is 0 Å². The van der Waals surface area contributed by atoms with Crippen LogP contribution in [0.3, 0.4) is 0 Å². The van der Waals surface area contributed by atoms with Crippen LogP contribution in [0.4, 0.5) is 0 Å². The summed E-state index contributed by atoms with van der Waals surface area (Å²) in [6.45, 7) is 4.18. The number of pyridine rings is 1. The molecule has 132 valence electrons. The maximum Gasteiger partial charge on any atom is 0.139 e. The first kappa shape index (κ1) is 17.6. The van der Waals surface area contributed by atoms with Gasteiger partial charge in [-0.1, -0.05) is 36.4 Å². The van der Waals surface area contributed by atoms with Crippen LogP contribution in [0.5, 0.6) is 0 Å². The minimum atomic E-state index is -0.519. The van der Waals surface area contributed by atoms with Gasteiger partial charge in [0.15, 0.2) is 0 Å². The monoisotopic (exact) mass is 339 g/mol. The van der Waals surface area contributed by atoms with Crippen LogP contribution in [0.25, 0.3) is 5.65 Å². The van der Waals surface area contributed by atoms with Gasteiger partial charge in [0.2, 0.25) is 0 Å². The van der Waals surface area contributed by atoms with Gasteiger partial charge in [0, 0.05) is 19.3 Å². The van der Waals surface area contributed by atoms with Crippen molar-refractivity contribution < 1.29 is 9.84 Å². The van der Waals surface area contributed by atoms with Crippen LogP contribution in [0.15, 0.2) is 54.9 Å². The fourth-order valence-corrected chi connectivity index (χ4v) is 2.96. The van der Waals surface area contributed by atoms with E-state index in [1.807, 2.05) is 55.8 Å². The van der Waals surface area contributed by atoms with Crippen molar-refractivity contribution in [3.63, 3.8) is 0 Å². The maximum absolute atomic E-state index is 10.2. The molecule has 0 aliphatic carbocycles. The summed E-state index contributed by atoms with van der Waals surface area (Å²) >= 11 is 0. The third kappa shape index (κ3) is 4.66. The highest BCUT2D eigenvalue weighted by Crippen LogP contribution is 2.12. The SMILES string of the molecule is Cc1cccn2c(CN(C)CC(O)COCc3ccccc3)cnc12. The van der Waals surface area contributed by atoms with E-state index in [0.29, 0.717) is 19.8 Å². The Kier molecular flexibility index (Phi) is 5.81. The van der Waals surface area contributed by atoms with Gasteiger partial charge < -0.3 is 14.2 Å². The van der Waals surface area contributed by atoms with Gasteiger partial charge in [0.1, 0.15) is 5.65 Å². The highest BCUT2D eigenvalue weighted by Gasteiger charge is 2.12. The molecule has 3 aromatic rings. The summed E-state index contributed by atoms with van der Waals surface area (Å²) in [7, 11) is 2.00. The topological polar surface area (TPSA) is 50.0 Å². The van der Waals surface area contributed by atoms with E-state index in [2.05, 4.69) is 27.3 Å². The fourth-order valence-electron chi connectivity index (χ4n) is 2.96. The van der Waals surface area contributed by atoms with Gasteiger partial charge in [0.25, 0.3) is 0 Å². The second-order valence-corrected chi connectivity index (χ2v) is 6.49. The third-order valence-corrected chi connectivity index (χ3v) is 4.18. The Bertz CT molecular complexity index is 801. The maximum atomic E-state index is 10.2. The van der Waals surface area contributed by atoms with Gasteiger partial charge in [-0.15, -0.1) is 0 Å². The summed E-state index contributed by atoms with van der Waals surface area (Å²) in [5.74, 6) is 0. The van der Waals surface area contributed by atoms with Crippen molar-refractivity contribution in [2.45, 2.75) is 26.2 Å². The normalized spacial score (nSPS) is 12.8. The number of hydrogen-bond donors (Lipinski definition) is 1.